The third-order valence-electron chi connectivity index (χ3n) is 4.02. The van der Waals surface area contributed by atoms with Crippen LogP contribution in [0.25, 0.3) is 0 Å². The molecule has 5 nitrogen and oxygen atoms in total. The van der Waals surface area contributed by atoms with Crippen molar-refractivity contribution < 1.29 is 18.4 Å². The van der Waals surface area contributed by atoms with Gasteiger partial charge in [-0.3, -0.25) is 14.9 Å². The Balaban J connectivity index is 0.00000192. The van der Waals surface area contributed by atoms with Gasteiger partial charge in [0.15, 0.2) is 0 Å². The van der Waals surface area contributed by atoms with E-state index in [1.54, 1.807) is 15.9 Å². The second kappa shape index (κ2) is 7.11. The Morgan fingerprint density at radius 2 is 1.87 bits per heavy atom. The molecule has 1 aromatic rings. The van der Waals surface area contributed by atoms with E-state index in [-0.39, 0.29) is 24.2 Å². The van der Waals surface area contributed by atoms with Gasteiger partial charge in [-0.2, -0.15) is 0 Å². The lowest BCUT2D eigenvalue weighted by Crippen LogP contribution is -2.54. The van der Waals surface area contributed by atoms with Gasteiger partial charge in [0.1, 0.15) is 0 Å². The summed E-state index contributed by atoms with van der Waals surface area (Å²) < 4.78 is 26.3. The quantitative estimate of drug-likeness (QED) is 0.863. The number of amides is 2. The summed E-state index contributed by atoms with van der Waals surface area (Å²) in [7, 11) is 0. The lowest BCUT2D eigenvalue weighted by molar-refractivity contribution is -0.135. The Bertz CT molecular complexity index is 562. The van der Waals surface area contributed by atoms with Gasteiger partial charge in [-0.25, -0.2) is 8.78 Å². The van der Waals surface area contributed by atoms with Crippen molar-refractivity contribution in [3.8, 4) is 0 Å². The molecule has 2 aliphatic rings. The molecule has 0 saturated carbocycles. The highest BCUT2D eigenvalue weighted by Crippen LogP contribution is 2.26. The molecule has 0 spiro atoms. The minimum Gasteiger partial charge on any atom is -0.338 e. The highest BCUT2D eigenvalue weighted by atomic mass is 35.5. The maximum atomic E-state index is 13.2. The first kappa shape index (κ1) is 18.1. The number of carbonyl (C=O) groups is 2. The summed E-state index contributed by atoms with van der Waals surface area (Å²) in [6, 6.07) is 2.79. The molecule has 2 saturated heterocycles. The molecule has 1 N–H and O–H groups in total. The summed E-state index contributed by atoms with van der Waals surface area (Å²) in [4.78, 5) is 28.4. The summed E-state index contributed by atoms with van der Waals surface area (Å²) >= 11 is 1.39. The molecule has 0 aliphatic carbocycles. The average molecular weight is 366 g/mol. The first-order valence-electron chi connectivity index (χ1n) is 7.19. The Morgan fingerprint density at radius 3 is 2.39 bits per heavy atom. The van der Waals surface area contributed by atoms with E-state index < -0.39 is 24.9 Å². The number of rotatable bonds is 2. The number of hydrogen-bond donors (Lipinski definition) is 1. The standard InChI is InChI=1S/C14H17F2N3O2S.ClH/c15-14(16)8-10(17-9-14)12(20)18-3-5-19(6-4-18)13(21)11-2-1-7-22-11;/h1-2,7,10,17H,3-6,8-9H2;1H. The van der Waals surface area contributed by atoms with Crippen molar-refractivity contribution in [2.24, 2.45) is 0 Å². The predicted octanol–water partition coefficient (Wildman–Crippen LogP) is 1.45. The number of carbonyl (C=O) groups excluding carboxylic acids is 2. The molecule has 1 unspecified atom stereocenters. The number of alkyl halides is 2. The largest absolute Gasteiger partial charge is 0.338 e. The molecule has 23 heavy (non-hydrogen) atoms. The zero-order valence-electron chi connectivity index (χ0n) is 12.3. The fraction of sp³-hybridized carbons (Fsp3) is 0.571. The van der Waals surface area contributed by atoms with Crippen molar-refractivity contribution in [1.29, 1.82) is 0 Å². The molecule has 1 aromatic heterocycles. The average Bonchev–Trinajstić information content (AvgIpc) is 3.15. The second-order valence-corrected chi connectivity index (χ2v) is 6.54. The van der Waals surface area contributed by atoms with E-state index in [0.717, 1.165) is 0 Å². The Morgan fingerprint density at radius 1 is 1.22 bits per heavy atom. The minimum atomic E-state index is -2.81. The zero-order chi connectivity index (χ0) is 15.7. The predicted molar refractivity (Wildman–Crippen MR) is 85.4 cm³/mol. The summed E-state index contributed by atoms with van der Waals surface area (Å²) in [5, 5.41) is 4.43. The molecule has 0 radical (unpaired) electrons. The third-order valence-corrected chi connectivity index (χ3v) is 4.88. The number of halogens is 3. The molecule has 9 heteroatoms. The molecular weight excluding hydrogens is 348 g/mol. The normalized spacial score (nSPS) is 23.5. The van der Waals surface area contributed by atoms with Crippen LogP contribution in [0.5, 0.6) is 0 Å². The first-order valence-corrected chi connectivity index (χ1v) is 8.07. The first-order chi connectivity index (χ1) is 10.5. The van der Waals surface area contributed by atoms with Crippen LogP contribution in [0, 0.1) is 0 Å². The van der Waals surface area contributed by atoms with E-state index in [0.29, 0.717) is 31.1 Å². The van der Waals surface area contributed by atoms with Gasteiger partial charge in [-0.15, -0.1) is 23.7 Å². The van der Waals surface area contributed by atoms with Crippen molar-refractivity contribution in [1.82, 2.24) is 15.1 Å². The van der Waals surface area contributed by atoms with Crippen LogP contribution in [0.4, 0.5) is 8.78 Å². The molecule has 128 valence electrons. The number of piperazine rings is 1. The summed E-state index contributed by atoms with van der Waals surface area (Å²) in [6.45, 7) is 1.21. The van der Waals surface area contributed by atoms with Gasteiger partial charge in [0.2, 0.25) is 5.91 Å². The molecular formula is C14H18ClF2N3O2S. The maximum absolute atomic E-state index is 13.2. The van der Waals surface area contributed by atoms with Gasteiger partial charge < -0.3 is 9.80 Å². The topological polar surface area (TPSA) is 52.7 Å². The van der Waals surface area contributed by atoms with E-state index in [1.165, 1.54) is 11.3 Å². The van der Waals surface area contributed by atoms with E-state index in [4.69, 9.17) is 0 Å². The minimum absolute atomic E-state index is 0. The monoisotopic (exact) mass is 365 g/mol. The molecule has 0 aromatic carbocycles. The molecule has 0 bridgehead atoms. The molecule has 3 heterocycles. The third kappa shape index (κ3) is 3.99. The molecule has 2 amide bonds. The van der Waals surface area contributed by atoms with Crippen LogP contribution >= 0.6 is 23.7 Å². The van der Waals surface area contributed by atoms with Crippen LogP contribution in [-0.4, -0.2) is 66.3 Å². The fourth-order valence-corrected chi connectivity index (χ4v) is 3.49. The van der Waals surface area contributed by atoms with Crippen LogP contribution in [0.2, 0.25) is 0 Å². The lowest BCUT2D eigenvalue weighted by atomic mass is 10.1. The van der Waals surface area contributed by atoms with Crippen molar-refractivity contribution in [3.05, 3.63) is 22.4 Å². The van der Waals surface area contributed by atoms with Gasteiger partial charge in [0.25, 0.3) is 11.8 Å². The van der Waals surface area contributed by atoms with Gasteiger partial charge in [-0.05, 0) is 11.4 Å². The Hall–Kier alpha value is -1.25. The van der Waals surface area contributed by atoms with Crippen LogP contribution in [0.15, 0.2) is 17.5 Å². The van der Waals surface area contributed by atoms with E-state index in [2.05, 4.69) is 5.32 Å². The number of nitrogens with zero attached hydrogens (tertiary/aromatic N) is 2. The SMILES string of the molecule is Cl.O=C(c1cccs1)N1CCN(C(=O)C2CC(F)(F)CN2)CC1. The van der Waals surface area contributed by atoms with E-state index >= 15 is 0 Å². The fourth-order valence-electron chi connectivity index (χ4n) is 2.80. The van der Waals surface area contributed by atoms with Crippen molar-refractivity contribution in [2.45, 2.75) is 18.4 Å². The number of nitrogens with one attached hydrogen (secondary N) is 1. The molecule has 2 fully saturated rings. The number of hydrogen-bond acceptors (Lipinski definition) is 4. The summed E-state index contributed by atoms with van der Waals surface area (Å²) in [5.41, 5.74) is 0. The highest BCUT2D eigenvalue weighted by Gasteiger charge is 2.43. The van der Waals surface area contributed by atoms with Crippen molar-refractivity contribution in [3.63, 3.8) is 0 Å². The zero-order valence-corrected chi connectivity index (χ0v) is 14.0. The molecule has 2 aliphatic heterocycles. The maximum Gasteiger partial charge on any atom is 0.264 e. The number of thiophene rings is 1. The van der Waals surface area contributed by atoms with E-state index in [9.17, 15) is 18.4 Å². The van der Waals surface area contributed by atoms with Crippen LogP contribution in [0.1, 0.15) is 16.1 Å². The molecule has 1 atom stereocenters. The summed E-state index contributed by atoms with van der Waals surface area (Å²) in [5.74, 6) is -3.13. The van der Waals surface area contributed by atoms with Crippen LogP contribution in [-0.2, 0) is 4.79 Å². The van der Waals surface area contributed by atoms with Crippen LogP contribution < -0.4 is 5.32 Å². The van der Waals surface area contributed by atoms with Crippen LogP contribution in [0.3, 0.4) is 0 Å². The Kier molecular flexibility index (Phi) is 5.59. The molecule has 3 rings (SSSR count). The second-order valence-electron chi connectivity index (χ2n) is 5.59. The van der Waals surface area contributed by atoms with Gasteiger partial charge >= 0.3 is 0 Å². The summed E-state index contributed by atoms with van der Waals surface area (Å²) in [6.07, 6.45) is -0.444. The van der Waals surface area contributed by atoms with Gasteiger partial charge in [-0.1, -0.05) is 6.07 Å². The Labute approximate surface area is 143 Å². The lowest BCUT2D eigenvalue weighted by Gasteiger charge is -2.35. The van der Waals surface area contributed by atoms with Crippen molar-refractivity contribution >= 4 is 35.6 Å². The van der Waals surface area contributed by atoms with Crippen molar-refractivity contribution in [2.75, 3.05) is 32.7 Å². The van der Waals surface area contributed by atoms with Gasteiger partial charge in [0.05, 0.1) is 17.5 Å². The smallest absolute Gasteiger partial charge is 0.264 e. The highest BCUT2D eigenvalue weighted by molar-refractivity contribution is 7.12. The van der Waals surface area contributed by atoms with Gasteiger partial charge in [0, 0.05) is 32.6 Å². The van der Waals surface area contributed by atoms with E-state index in [1.807, 2.05) is 11.4 Å².